The fourth-order valence-electron chi connectivity index (χ4n) is 12.2. The number of allylic oxidation sites excluding steroid dienone is 2. The number of hydrogen-bond acceptors (Lipinski definition) is 15. The van der Waals surface area contributed by atoms with Gasteiger partial charge in [0, 0.05) is 49.3 Å². The van der Waals surface area contributed by atoms with Crippen molar-refractivity contribution in [2.24, 2.45) is 41.4 Å². The third-order valence-electron chi connectivity index (χ3n) is 18.1. The molecule has 0 aromatic carbocycles. The van der Waals surface area contributed by atoms with E-state index in [-0.39, 0.29) is 62.2 Å². The first kappa shape index (κ1) is 84.9. The number of carbonyl (C=O) groups excluding carboxylic acids is 13. The zero-order valence-corrected chi connectivity index (χ0v) is 62.2. The maximum atomic E-state index is 15.7. The topological polar surface area (TPSA) is 326 Å². The van der Waals surface area contributed by atoms with Gasteiger partial charge in [0.15, 0.2) is 0 Å². The van der Waals surface area contributed by atoms with E-state index in [1.54, 1.807) is 60.6 Å². The summed E-state index contributed by atoms with van der Waals surface area (Å²) >= 11 is 0. The lowest BCUT2D eigenvalue weighted by Crippen LogP contribution is -2.64. The molecule has 2 aliphatic rings. The highest BCUT2D eigenvalue weighted by molar-refractivity contribution is 6.00. The monoisotopic (exact) mass is 1360 g/mol. The standard InChI is InChI=1S/C69H121N13O14/c1-25-27-29-44(15)58(96-54(84)36-71-60(86)48-30-28-31-70-48)57-63(89)74-47(26-2)65(91)76(18)37-53(83)77(19)49(32-38(3)4)62(88)75-55(42(11)12)68(94)78(20)50(33-39(5)6)61(87)72-45(16)59(85)73-46(17)64(90)79(21)51(34-40(7)8)66(92)80(22)52(35-41(9)10)67(93)81(23)56(43(13)14)69(95)82(57)24/h25,27,38-52,55-58,70H,26,28-37H2,1-24H3,(H,71,86)(H,72,87)(H,73,85)(H,74,89)(H,75,88)/b27-25+/t44-,45+,46-,47+,48+,49+,50+,51+,52+,55+,56+,57+,58-/m1/s1. The second-order valence-electron chi connectivity index (χ2n) is 28.9. The molecule has 27 heteroatoms. The van der Waals surface area contributed by atoms with Crippen molar-refractivity contribution in [3.05, 3.63) is 12.2 Å². The third kappa shape index (κ3) is 24.1. The molecule has 6 N–H and O–H groups in total. The highest BCUT2D eigenvalue weighted by Crippen LogP contribution is 2.27. The van der Waals surface area contributed by atoms with Crippen LogP contribution in [-0.2, 0) is 67.1 Å². The molecule has 0 radical (unpaired) electrons. The number of ether oxygens (including phenoxy) is 1. The Hall–Kier alpha value is -7.19. The van der Waals surface area contributed by atoms with E-state index >= 15 is 19.2 Å². The SMILES string of the molecule is C/C=C/C[C@@H](C)[C@@H](OC(=O)CNC(=O)[C@@H]1CCCN1)[C@H]1C(=O)N[C@@H](CC)C(=O)N(C)CC(=O)N(C)[C@@H](CC(C)C)C(=O)N[C@@H](C(C)C)C(=O)N(C)[C@@H](CC(C)C)C(=O)N[C@@H](C)C(=O)N[C@H](C)C(=O)N(C)[C@@H](CC(C)C)C(=O)N(C)[C@@H](CC(C)C)C(=O)N(C)[C@@H](C(C)C)C(=O)N1C. The van der Waals surface area contributed by atoms with Crippen LogP contribution < -0.4 is 31.9 Å². The summed E-state index contributed by atoms with van der Waals surface area (Å²) in [5.41, 5.74) is 0. The lowest BCUT2D eigenvalue weighted by atomic mass is 9.91. The predicted octanol–water partition coefficient (Wildman–Crippen LogP) is 2.69. The van der Waals surface area contributed by atoms with E-state index in [2.05, 4.69) is 31.9 Å². The minimum atomic E-state index is -1.73. The third-order valence-corrected chi connectivity index (χ3v) is 18.1. The second-order valence-corrected chi connectivity index (χ2v) is 28.9. The van der Waals surface area contributed by atoms with Gasteiger partial charge in [0.25, 0.3) is 0 Å². The summed E-state index contributed by atoms with van der Waals surface area (Å²) < 4.78 is 6.21. The summed E-state index contributed by atoms with van der Waals surface area (Å²) in [5.74, 6) is -11.9. The van der Waals surface area contributed by atoms with Gasteiger partial charge in [-0.3, -0.25) is 62.3 Å². The van der Waals surface area contributed by atoms with Crippen molar-refractivity contribution in [1.29, 1.82) is 0 Å². The largest absolute Gasteiger partial charge is 0.458 e. The van der Waals surface area contributed by atoms with Gasteiger partial charge in [0.05, 0.1) is 12.6 Å². The average molecular weight is 1360 g/mol. The summed E-state index contributed by atoms with van der Waals surface area (Å²) in [6, 6.07) is -13.5. The Kier molecular flexibility index (Phi) is 34.7. The van der Waals surface area contributed by atoms with E-state index in [1.165, 1.54) is 87.7 Å². The van der Waals surface area contributed by atoms with E-state index in [1.807, 2.05) is 55.4 Å². The van der Waals surface area contributed by atoms with Crippen LogP contribution in [-0.4, -0.2) is 253 Å². The molecule has 0 unspecified atom stereocenters. The van der Waals surface area contributed by atoms with Crippen molar-refractivity contribution in [1.82, 2.24) is 66.2 Å². The number of hydrogen-bond donors (Lipinski definition) is 6. The molecule has 27 nitrogen and oxygen atoms in total. The molecule has 96 heavy (non-hydrogen) atoms. The predicted molar refractivity (Wildman–Crippen MR) is 366 cm³/mol. The van der Waals surface area contributed by atoms with Gasteiger partial charge in [-0.15, -0.1) is 0 Å². The van der Waals surface area contributed by atoms with Crippen molar-refractivity contribution in [3.63, 3.8) is 0 Å². The van der Waals surface area contributed by atoms with Crippen LogP contribution in [0.15, 0.2) is 12.2 Å². The summed E-state index contributed by atoms with van der Waals surface area (Å²) in [7, 11) is 9.79. The van der Waals surface area contributed by atoms with Crippen molar-refractivity contribution in [2.45, 2.75) is 242 Å². The number of likely N-dealkylation sites (N-methyl/N-ethyl adjacent to an activating group) is 7. The quantitative estimate of drug-likeness (QED) is 0.0800. The van der Waals surface area contributed by atoms with Crippen LogP contribution in [0.3, 0.4) is 0 Å². The molecule has 0 saturated carbocycles. The first-order chi connectivity index (χ1) is 44.6. The average Bonchev–Trinajstić information content (AvgIpc) is 0.984. The number of rotatable bonds is 19. The van der Waals surface area contributed by atoms with Crippen molar-refractivity contribution in [3.8, 4) is 0 Å². The van der Waals surface area contributed by atoms with Crippen LogP contribution in [0.1, 0.15) is 169 Å². The van der Waals surface area contributed by atoms with E-state index in [4.69, 9.17) is 4.74 Å². The minimum Gasteiger partial charge on any atom is -0.458 e. The Labute approximate surface area is 572 Å². The molecule has 2 heterocycles. The highest BCUT2D eigenvalue weighted by atomic mass is 16.5. The number of esters is 1. The molecule has 13 atom stereocenters. The van der Waals surface area contributed by atoms with E-state index in [0.717, 1.165) is 16.2 Å². The molecule has 12 amide bonds. The number of nitrogens with zero attached hydrogens (tertiary/aromatic N) is 7. The minimum absolute atomic E-state index is 0.0509. The lowest BCUT2D eigenvalue weighted by Gasteiger charge is -2.42. The maximum absolute atomic E-state index is 15.7. The fraction of sp³-hybridized carbons (Fsp3) is 0.783. The molecule has 546 valence electrons. The Bertz CT molecular complexity index is 2710. The highest BCUT2D eigenvalue weighted by Gasteiger charge is 2.47. The number of nitrogens with one attached hydrogen (secondary N) is 6. The first-order valence-electron chi connectivity index (χ1n) is 34.4. The van der Waals surface area contributed by atoms with Crippen LogP contribution in [0.4, 0.5) is 0 Å². The van der Waals surface area contributed by atoms with Crippen molar-refractivity contribution in [2.75, 3.05) is 69.0 Å². The second kappa shape index (κ2) is 39.3. The summed E-state index contributed by atoms with van der Waals surface area (Å²) in [5, 5.41) is 16.7. The van der Waals surface area contributed by atoms with Gasteiger partial charge in [-0.25, -0.2) is 0 Å². The maximum Gasteiger partial charge on any atom is 0.325 e. The van der Waals surface area contributed by atoms with Crippen LogP contribution >= 0.6 is 0 Å². The fourth-order valence-corrected chi connectivity index (χ4v) is 12.2. The lowest BCUT2D eigenvalue weighted by molar-refractivity contribution is -0.165. The van der Waals surface area contributed by atoms with Crippen molar-refractivity contribution >= 4 is 76.9 Å². The smallest absolute Gasteiger partial charge is 0.325 e. The van der Waals surface area contributed by atoms with Crippen molar-refractivity contribution < 1.29 is 67.1 Å². The molecule has 0 aromatic heterocycles. The summed E-state index contributed by atoms with van der Waals surface area (Å²) in [6.07, 6.45) is 4.01. The van der Waals surface area contributed by atoms with E-state index in [9.17, 15) is 43.2 Å². The van der Waals surface area contributed by atoms with Gasteiger partial charge in [-0.1, -0.05) is 109 Å². The van der Waals surface area contributed by atoms with Crippen LogP contribution in [0.25, 0.3) is 0 Å². The molecule has 2 aliphatic heterocycles. The van der Waals surface area contributed by atoms with Gasteiger partial charge in [-0.05, 0) is 120 Å². The molecule has 0 aromatic rings. The van der Waals surface area contributed by atoms with Gasteiger partial charge < -0.3 is 70.9 Å². The molecule has 2 saturated heterocycles. The van der Waals surface area contributed by atoms with E-state index < -0.39 is 180 Å². The zero-order valence-electron chi connectivity index (χ0n) is 62.2. The Balaban J connectivity index is 3.09. The number of carbonyl (C=O) groups is 13. The molecule has 0 aliphatic carbocycles. The van der Waals surface area contributed by atoms with Gasteiger partial charge in [0.1, 0.15) is 73.1 Å². The van der Waals surface area contributed by atoms with E-state index in [0.29, 0.717) is 13.0 Å². The Morgan fingerprint density at radius 3 is 1.48 bits per heavy atom. The molecule has 0 spiro atoms. The van der Waals surface area contributed by atoms with Gasteiger partial charge in [0.2, 0.25) is 70.9 Å². The zero-order chi connectivity index (χ0) is 73.7. The number of amides is 12. The van der Waals surface area contributed by atoms with Crippen LogP contribution in [0.5, 0.6) is 0 Å². The van der Waals surface area contributed by atoms with Crippen LogP contribution in [0.2, 0.25) is 0 Å². The molecule has 2 rings (SSSR count). The summed E-state index contributed by atoms with van der Waals surface area (Å²) in [6.45, 7) is 29.0. The molecule has 2 fully saturated rings. The van der Waals surface area contributed by atoms with Crippen LogP contribution in [0, 0.1) is 41.4 Å². The molecular weight excluding hydrogens is 1230 g/mol. The Morgan fingerprint density at radius 1 is 0.531 bits per heavy atom. The normalized spacial score (nSPS) is 26.6. The molecule has 0 bridgehead atoms. The Morgan fingerprint density at radius 2 is 1.00 bits per heavy atom. The summed E-state index contributed by atoms with van der Waals surface area (Å²) in [4.78, 5) is 199. The first-order valence-corrected chi connectivity index (χ1v) is 34.4. The molecular formula is C69H121N13O14. The van der Waals surface area contributed by atoms with Gasteiger partial charge >= 0.3 is 5.97 Å². The van der Waals surface area contributed by atoms with Gasteiger partial charge in [-0.2, -0.15) is 0 Å².